The van der Waals surface area contributed by atoms with Gasteiger partial charge < -0.3 is 4.74 Å². The summed E-state index contributed by atoms with van der Waals surface area (Å²) in [6.45, 7) is 2.50. The highest BCUT2D eigenvalue weighted by Crippen LogP contribution is 2.29. The number of sulfonamides is 1. The molecule has 0 unspecified atom stereocenters. The van der Waals surface area contributed by atoms with Crippen molar-refractivity contribution in [2.45, 2.75) is 19.8 Å². The third-order valence-corrected chi connectivity index (χ3v) is 5.37. The van der Waals surface area contributed by atoms with Crippen molar-refractivity contribution in [3.8, 4) is 5.75 Å². The standard InChI is InChI=1S/C13H17ClN2O3S2/c1-2-19-10-5-6-11-12(9-10)20-13(15-11)16-21(17,18)8-4-3-7-14/h5-6,9H,2-4,7-8H2,1H3,(H,15,16). The third-order valence-electron chi connectivity index (χ3n) is 2.71. The van der Waals surface area contributed by atoms with Crippen LogP contribution in [0.25, 0.3) is 10.2 Å². The molecule has 0 amide bonds. The van der Waals surface area contributed by atoms with Crippen LogP contribution < -0.4 is 9.46 Å². The van der Waals surface area contributed by atoms with Crippen molar-refractivity contribution in [3.63, 3.8) is 0 Å². The second kappa shape index (κ2) is 7.29. The summed E-state index contributed by atoms with van der Waals surface area (Å²) in [5.74, 6) is 1.28. The molecule has 0 bridgehead atoms. The van der Waals surface area contributed by atoms with Crippen LogP contribution in [0.5, 0.6) is 5.75 Å². The number of anilines is 1. The van der Waals surface area contributed by atoms with Crippen LogP contribution in [-0.4, -0.2) is 31.6 Å². The van der Waals surface area contributed by atoms with Gasteiger partial charge in [-0.2, -0.15) is 0 Å². The molecule has 2 aromatic rings. The number of halogens is 1. The molecular formula is C13H17ClN2O3S2. The molecule has 1 aromatic carbocycles. The van der Waals surface area contributed by atoms with Gasteiger partial charge in [0.1, 0.15) is 5.75 Å². The van der Waals surface area contributed by atoms with Crippen LogP contribution in [0.2, 0.25) is 0 Å². The number of ether oxygens (including phenoxy) is 1. The number of hydrogen-bond acceptors (Lipinski definition) is 5. The van der Waals surface area contributed by atoms with Gasteiger partial charge in [0, 0.05) is 5.88 Å². The molecule has 2 rings (SSSR count). The zero-order valence-corrected chi connectivity index (χ0v) is 14.0. The number of hydrogen-bond donors (Lipinski definition) is 1. The molecule has 0 aliphatic carbocycles. The zero-order chi connectivity index (χ0) is 15.3. The summed E-state index contributed by atoms with van der Waals surface area (Å²) < 4.78 is 32.6. The smallest absolute Gasteiger partial charge is 0.234 e. The molecular weight excluding hydrogens is 332 g/mol. The molecule has 21 heavy (non-hydrogen) atoms. The molecule has 0 radical (unpaired) electrons. The van der Waals surface area contributed by atoms with E-state index in [4.69, 9.17) is 16.3 Å². The first kappa shape index (κ1) is 16.3. The van der Waals surface area contributed by atoms with Crippen LogP contribution in [0.15, 0.2) is 18.2 Å². The highest BCUT2D eigenvalue weighted by Gasteiger charge is 2.13. The number of rotatable bonds is 8. The van der Waals surface area contributed by atoms with Crippen molar-refractivity contribution in [3.05, 3.63) is 18.2 Å². The summed E-state index contributed by atoms with van der Waals surface area (Å²) in [5.41, 5.74) is 0.752. The van der Waals surface area contributed by atoms with Gasteiger partial charge in [-0.25, -0.2) is 13.4 Å². The van der Waals surface area contributed by atoms with E-state index in [0.29, 0.717) is 30.5 Å². The topological polar surface area (TPSA) is 68.3 Å². The van der Waals surface area contributed by atoms with E-state index in [1.807, 2.05) is 25.1 Å². The summed E-state index contributed by atoms with van der Waals surface area (Å²) in [4.78, 5) is 4.27. The maximum Gasteiger partial charge on any atom is 0.234 e. The van der Waals surface area contributed by atoms with Gasteiger partial charge in [0.05, 0.1) is 22.6 Å². The number of aromatic nitrogens is 1. The normalized spacial score (nSPS) is 11.7. The van der Waals surface area contributed by atoms with Crippen molar-refractivity contribution in [1.82, 2.24) is 4.98 Å². The van der Waals surface area contributed by atoms with Gasteiger partial charge in [-0.3, -0.25) is 4.72 Å². The van der Waals surface area contributed by atoms with E-state index in [2.05, 4.69) is 9.71 Å². The van der Waals surface area contributed by atoms with Crippen LogP contribution in [-0.2, 0) is 10.0 Å². The molecule has 5 nitrogen and oxygen atoms in total. The predicted molar refractivity (Wildman–Crippen MR) is 88.2 cm³/mol. The van der Waals surface area contributed by atoms with E-state index in [9.17, 15) is 8.42 Å². The molecule has 116 valence electrons. The molecule has 0 aliphatic rings. The molecule has 0 fully saturated rings. The number of thiazole rings is 1. The van der Waals surface area contributed by atoms with Crippen LogP contribution in [0.3, 0.4) is 0 Å². The molecule has 0 atom stereocenters. The number of alkyl halides is 1. The fraction of sp³-hybridized carbons (Fsp3) is 0.462. The summed E-state index contributed by atoms with van der Waals surface area (Å²) in [6.07, 6.45) is 1.22. The minimum atomic E-state index is -3.37. The first-order valence-corrected chi connectivity index (χ1v) is 9.64. The average Bonchev–Trinajstić information content (AvgIpc) is 2.79. The van der Waals surface area contributed by atoms with Crippen molar-refractivity contribution in [2.75, 3.05) is 23.0 Å². The van der Waals surface area contributed by atoms with E-state index >= 15 is 0 Å². The fourth-order valence-electron chi connectivity index (χ4n) is 1.78. The van der Waals surface area contributed by atoms with Gasteiger partial charge in [-0.1, -0.05) is 11.3 Å². The molecule has 0 spiro atoms. The lowest BCUT2D eigenvalue weighted by Crippen LogP contribution is -2.16. The Morgan fingerprint density at radius 3 is 2.90 bits per heavy atom. The second-order valence-corrected chi connectivity index (χ2v) is 7.65. The highest BCUT2D eigenvalue weighted by molar-refractivity contribution is 7.92. The molecule has 1 aromatic heterocycles. The lowest BCUT2D eigenvalue weighted by atomic mass is 10.3. The third kappa shape index (κ3) is 4.72. The number of nitrogens with zero attached hydrogens (tertiary/aromatic N) is 1. The Labute approximate surface area is 133 Å². The Morgan fingerprint density at radius 2 is 2.19 bits per heavy atom. The van der Waals surface area contributed by atoms with E-state index in [0.717, 1.165) is 16.0 Å². The SMILES string of the molecule is CCOc1ccc2nc(NS(=O)(=O)CCCCCl)sc2c1. The van der Waals surface area contributed by atoms with Crippen molar-refractivity contribution < 1.29 is 13.2 Å². The lowest BCUT2D eigenvalue weighted by Gasteiger charge is -2.03. The van der Waals surface area contributed by atoms with Gasteiger partial charge in [-0.05, 0) is 38.0 Å². The minimum absolute atomic E-state index is 0.0554. The van der Waals surface area contributed by atoms with E-state index in [1.165, 1.54) is 11.3 Å². The van der Waals surface area contributed by atoms with Crippen LogP contribution in [0.1, 0.15) is 19.8 Å². The Morgan fingerprint density at radius 1 is 1.38 bits per heavy atom. The largest absolute Gasteiger partial charge is 0.494 e. The van der Waals surface area contributed by atoms with Crippen molar-refractivity contribution in [2.24, 2.45) is 0 Å². The summed E-state index contributed by atoms with van der Waals surface area (Å²) in [5, 5.41) is 0.379. The number of benzene rings is 1. The van der Waals surface area contributed by atoms with Gasteiger partial charge in [0.25, 0.3) is 0 Å². The highest BCUT2D eigenvalue weighted by atomic mass is 35.5. The summed E-state index contributed by atoms with van der Waals surface area (Å²) in [7, 11) is -3.37. The molecule has 1 N–H and O–H groups in total. The quantitative estimate of drug-likeness (QED) is 0.586. The molecule has 0 saturated heterocycles. The maximum absolute atomic E-state index is 11.9. The summed E-state index contributed by atoms with van der Waals surface area (Å²) in [6, 6.07) is 5.51. The van der Waals surface area contributed by atoms with Gasteiger partial charge in [-0.15, -0.1) is 11.6 Å². The molecule has 8 heteroatoms. The van der Waals surface area contributed by atoms with Gasteiger partial charge in [0.15, 0.2) is 5.13 Å². The van der Waals surface area contributed by atoms with Crippen molar-refractivity contribution in [1.29, 1.82) is 0 Å². The fourth-order valence-corrected chi connectivity index (χ4v) is 4.26. The van der Waals surface area contributed by atoms with Crippen LogP contribution in [0.4, 0.5) is 5.13 Å². The van der Waals surface area contributed by atoms with Gasteiger partial charge in [0.2, 0.25) is 10.0 Å². The first-order chi connectivity index (χ1) is 10.0. The van der Waals surface area contributed by atoms with Gasteiger partial charge >= 0.3 is 0 Å². The monoisotopic (exact) mass is 348 g/mol. The zero-order valence-electron chi connectivity index (χ0n) is 11.6. The Hall–Kier alpha value is -1.05. The number of unbranched alkanes of at least 4 members (excludes halogenated alkanes) is 1. The molecule has 0 aliphatic heterocycles. The van der Waals surface area contributed by atoms with Crippen LogP contribution >= 0.6 is 22.9 Å². The number of nitrogens with one attached hydrogen (secondary N) is 1. The summed E-state index contributed by atoms with van der Waals surface area (Å²) >= 11 is 6.84. The van der Waals surface area contributed by atoms with Crippen molar-refractivity contribution >= 4 is 48.3 Å². The van der Waals surface area contributed by atoms with Crippen LogP contribution in [0, 0.1) is 0 Å². The Kier molecular flexibility index (Phi) is 5.66. The second-order valence-electron chi connectivity index (χ2n) is 4.40. The van der Waals surface area contributed by atoms with E-state index in [-0.39, 0.29) is 5.75 Å². The predicted octanol–water partition coefficient (Wildman–Crippen LogP) is 3.46. The molecule has 0 saturated carbocycles. The number of fused-ring (bicyclic) bond motifs is 1. The Balaban J connectivity index is 2.11. The lowest BCUT2D eigenvalue weighted by molar-refractivity contribution is 0.341. The maximum atomic E-state index is 11.9. The molecule has 1 heterocycles. The first-order valence-electron chi connectivity index (χ1n) is 6.64. The van der Waals surface area contributed by atoms with E-state index in [1.54, 1.807) is 0 Å². The average molecular weight is 349 g/mol. The van der Waals surface area contributed by atoms with E-state index < -0.39 is 10.0 Å². The minimum Gasteiger partial charge on any atom is -0.494 e. The Bertz CT molecular complexity index is 701.